The maximum absolute atomic E-state index is 11.5. The van der Waals surface area contributed by atoms with Crippen LogP contribution in [0.2, 0.25) is 0 Å². The average molecular weight is 335 g/mol. The number of aromatic nitrogens is 1. The van der Waals surface area contributed by atoms with Gasteiger partial charge in [0.1, 0.15) is 5.82 Å². The summed E-state index contributed by atoms with van der Waals surface area (Å²) in [6, 6.07) is 9.36. The third-order valence-electron chi connectivity index (χ3n) is 2.81. The predicted molar refractivity (Wildman–Crippen MR) is 82.4 cm³/mol. The third-order valence-corrected chi connectivity index (χ3v) is 3.66. The standard InChI is InChI=1S/C15H15BrN2O2/c1-3-20-15(19)11-7-8-14(17-9-11)18-13-6-4-5-12(16)10(13)2/h4-9H,3H2,1-2H3,(H,17,18). The van der Waals surface area contributed by atoms with E-state index in [9.17, 15) is 4.79 Å². The van der Waals surface area contributed by atoms with E-state index in [0.29, 0.717) is 18.0 Å². The molecule has 0 saturated carbocycles. The lowest BCUT2D eigenvalue weighted by Gasteiger charge is -2.10. The number of hydrogen-bond acceptors (Lipinski definition) is 4. The van der Waals surface area contributed by atoms with E-state index in [2.05, 4.69) is 26.2 Å². The van der Waals surface area contributed by atoms with Gasteiger partial charge >= 0.3 is 5.97 Å². The highest BCUT2D eigenvalue weighted by molar-refractivity contribution is 9.10. The Morgan fingerprint density at radius 3 is 2.80 bits per heavy atom. The topological polar surface area (TPSA) is 51.2 Å². The molecular weight excluding hydrogens is 320 g/mol. The summed E-state index contributed by atoms with van der Waals surface area (Å²) in [7, 11) is 0. The first kappa shape index (κ1) is 14.5. The molecule has 1 heterocycles. The minimum Gasteiger partial charge on any atom is -0.462 e. The molecule has 0 atom stereocenters. The molecule has 20 heavy (non-hydrogen) atoms. The monoisotopic (exact) mass is 334 g/mol. The van der Waals surface area contributed by atoms with Gasteiger partial charge in [0.15, 0.2) is 0 Å². The zero-order valence-electron chi connectivity index (χ0n) is 11.3. The zero-order valence-corrected chi connectivity index (χ0v) is 12.9. The second-order valence-corrected chi connectivity index (χ2v) is 5.04. The number of esters is 1. The third kappa shape index (κ3) is 3.36. The molecule has 5 heteroatoms. The molecule has 0 bridgehead atoms. The first-order valence-electron chi connectivity index (χ1n) is 6.27. The van der Waals surface area contributed by atoms with Gasteiger partial charge in [-0.2, -0.15) is 0 Å². The van der Waals surface area contributed by atoms with E-state index in [4.69, 9.17) is 4.74 Å². The maximum Gasteiger partial charge on any atom is 0.339 e. The van der Waals surface area contributed by atoms with Crippen molar-refractivity contribution >= 4 is 33.4 Å². The first-order valence-corrected chi connectivity index (χ1v) is 7.06. The molecule has 2 rings (SSSR count). The van der Waals surface area contributed by atoms with Crippen molar-refractivity contribution in [3.05, 3.63) is 52.1 Å². The van der Waals surface area contributed by atoms with Crippen LogP contribution in [0.4, 0.5) is 11.5 Å². The fourth-order valence-electron chi connectivity index (χ4n) is 1.68. The Labute approximate surface area is 126 Å². The average Bonchev–Trinajstić information content (AvgIpc) is 2.45. The summed E-state index contributed by atoms with van der Waals surface area (Å²) < 4.78 is 5.95. The van der Waals surface area contributed by atoms with Crippen molar-refractivity contribution in [3.63, 3.8) is 0 Å². The summed E-state index contributed by atoms with van der Waals surface area (Å²) in [6.07, 6.45) is 1.51. The van der Waals surface area contributed by atoms with Crippen LogP contribution in [0.3, 0.4) is 0 Å². The van der Waals surface area contributed by atoms with Crippen molar-refractivity contribution in [1.82, 2.24) is 4.98 Å². The number of anilines is 2. The molecule has 1 aromatic carbocycles. The molecule has 4 nitrogen and oxygen atoms in total. The minimum atomic E-state index is -0.356. The summed E-state index contributed by atoms with van der Waals surface area (Å²) in [5.41, 5.74) is 2.52. The van der Waals surface area contributed by atoms with Gasteiger partial charge in [0, 0.05) is 16.4 Å². The molecule has 104 valence electrons. The number of ether oxygens (including phenoxy) is 1. The highest BCUT2D eigenvalue weighted by Crippen LogP contribution is 2.25. The second-order valence-electron chi connectivity index (χ2n) is 4.19. The lowest BCUT2D eigenvalue weighted by molar-refractivity contribution is 0.0526. The summed E-state index contributed by atoms with van der Waals surface area (Å²) in [5, 5.41) is 3.22. The molecule has 1 N–H and O–H groups in total. The first-order chi connectivity index (χ1) is 9.61. The highest BCUT2D eigenvalue weighted by atomic mass is 79.9. The van der Waals surface area contributed by atoms with Gasteiger partial charge in [-0.15, -0.1) is 0 Å². The van der Waals surface area contributed by atoms with Crippen LogP contribution in [0.25, 0.3) is 0 Å². The van der Waals surface area contributed by atoms with Gasteiger partial charge in [0.2, 0.25) is 0 Å². The molecule has 0 saturated heterocycles. The number of halogens is 1. The smallest absolute Gasteiger partial charge is 0.339 e. The van der Waals surface area contributed by atoms with Gasteiger partial charge in [0.05, 0.1) is 12.2 Å². The number of pyridine rings is 1. The van der Waals surface area contributed by atoms with E-state index >= 15 is 0 Å². The predicted octanol–water partition coefficient (Wildman–Crippen LogP) is 4.07. The van der Waals surface area contributed by atoms with Crippen molar-refractivity contribution in [3.8, 4) is 0 Å². The Hall–Kier alpha value is -1.88. The molecular formula is C15H15BrN2O2. The van der Waals surface area contributed by atoms with Crippen molar-refractivity contribution in [2.24, 2.45) is 0 Å². The molecule has 2 aromatic rings. The number of nitrogens with one attached hydrogen (secondary N) is 1. The van der Waals surface area contributed by atoms with E-state index in [0.717, 1.165) is 15.7 Å². The normalized spacial score (nSPS) is 10.2. The van der Waals surface area contributed by atoms with Crippen LogP contribution in [-0.2, 0) is 4.74 Å². The molecule has 1 aromatic heterocycles. The van der Waals surface area contributed by atoms with Crippen LogP contribution < -0.4 is 5.32 Å². The Morgan fingerprint density at radius 2 is 2.15 bits per heavy atom. The Morgan fingerprint density at radius 1 is 1.35 bits per heavy atom. The number of rotatable bonds is 4. The van der Waals surface area contributed by atoms with Crippen LogP contribution in [0.5, 0.6) is 0 Å². The molecule has 0 amide bonds. The number of hydrogen-bond donors (Lipinski definition) is 1. The minimum absolute atomic E-state index is 0.356. The van der Waals surface area contributed by atoms with E-state index < -0.39 is 0 Å². The van der Waals surface area contributed by atoms with Crippen molar-refractivity contribution < 1.29 is 9.53 Å². The number of benzene rings is 1. The van der Waals surface area contributed by atoms with Crippen molar-refractivity contribution in [1.29, 1.82) is 0 Å². The summed E-state index contributed by atoms with van der Waals surface area (Å²) in [5.74, 6) is 0.324. The summed E-state index contributed by atoms with van der Waals surface area (Å²) in [4.78, 5) is 15.7. The fraction of sp³-hybridized carbons (Fsp3) is 0.200. The van der Waals surface area contributed by atoms with Gasteiger partial charge in [0.25, 0.3) is 0 Å². The zero-order chi connectivity index (χ0) is 14.5. The molecule has 0 aliphatic carbocycles. The van der Waals surface area contributed by atoms with Crippen LogP contribution in [0, 0.1) is 6.92 Å². The largest absolute Gasteiger partial charge is 0.462 e. The summed E-state index contributed by atoms with van der Waals surface area (Å²) in [6.45, 7) is 4.15. The maximum atomic E-state index is 11.5. The second kappa shape index (κ2) is 6.52. The van der Waals surface area contributed by atoms with Crippen LogP contribution in [-0.4, -0.2) is 17.6 Å². The van der Waals surface area contributed by atoms with Crippen LogP contribution in [0.1, 0.15) is 22.8 Å². The van der Waals surface area contributed by atoms with E-state index in [1.807, 2.05) is 25.1 Å². The lowest BCUT2D eigenvalue weighted by Crippen LogP contribution is -2.05. The van der Waals surface area contributed by atoms with Gasteiger partial charge in [-0.3, -0.25) is 0 Å². The van der Waals surface area contributed by atoms with Gasteiger partial charge < -0.3 is 10.1 Å². The SMILES string of the molecule is CCOC(=O)c1ccc(Nc2cccc(Br)c2C)nc1. The molecule has 0 spiro atoms. The summed E-state index contributed by atoms with van der Waals surface area (Å²) >= 11 is 3.49. The van der Waals surface area contributed by atoms with Gasteiger partial charge in [-0.25, -0.2) is 9.78 Å². The number of nitrogens with zero attached hydrogens (tertiary/aromatic N) is 1. The van der Waals surface area contributed by atoms with Crippen LogP contribution >= 0.6 is 15.9 Å². The molecule has 0 aliphatic rings. The van der Waals surface area contributed by atoms with E-state index in [1.54, 1.807) is 19.1 Å². The highest BCUT2D eigenvalue weighted by Gasteiger charge is 2.07. The van der Waals surface area contributed by atoms with Crippen LogP contribution in [0.15, 0.2) is 41.0 Å². The van der Waals surface area contributed by atoms with Crippen molar-refractivity contribution in [2.75, 3.05) is 11.9 Å². The quantitative estimate of drug-likeness (QED) is 0.856. The van der Waals surface area contributed by atoms with Gasteiger partial charge in [-0.05, 0) is 43.7 Å². The fourth-order valence-corrected chi connectivity index (χ4v) is 2.05. The molecule has 0 radical (unpaired) electrons. The number of carbonyl (C=O) groups is 1. The molecule has 0 fully saturated rings. The van der Waals surface area contributed by atoms with Crippen molar-refractivity contribution in [2.45, 2.75) is 13.8 Å². The number of carbonyl (C=O) groups excluding carboxylic acids is 1. The Bertz CT molecular complexity index is 612. The Kier molecular flexibility index (Phi) is 4.74. The molecule has 0 unspecified atom stereocenters. The molecule has 0 aliphatic heterocycles. The van der Waals surface area contributed by atoms with E-state index in [-0.39, 0.29) is 5.97 Å². The van der Waals surface area contributed by atoms with E-state index in [1.165, 1.54) is 6.20 Å². The van der Waals surface area contributed by atoms with Gasteiger partial charge in [-0.1, -0.05) is 22.0 Å². The lowest BCUT2D eigenvalue weighted by atomic mass is 10.2. The Balaban J connectivity index is 2.15.